The van der Waals surface area contributed by atoms with Crippen LogP contribution in [-0.2, 0) is 4.79 Å². The number of fused-ring (bicyclic) bond motifs is 1. The molecule has 0 unspecified atom stereocenters. The highest BCUT2D eigenvalue weighted by atomic mass is 32.1. The fourth-order valence-electron chi connectivity index (χ4n) is 2.86. The average molecular weight is 348 g/mol. The molecular weight excluding hydrogens is 324 g/mol. The third-order valence-electron chi connectivity index (χ3n) is 4.21. The summed E-state index contributed by atoms with van der Waals surface area (Å²) in [6, 6.07) is 5.85. The van der Waals surface area contributed by atoms with Crippen LogP contribution in [0, 0.1) is 5.41 Å². The molecule has 1 aliphatic heterocycles. The zero-order valence-electron chi connectivity index (χ0n) is 14.7. The molecule has 0 N–H and O–H groups in total. The number of carbonyl (C=O) groups is 1. The van der Waals surface area contributed by atoms with Crippen LogP contribution in [-0.4, -0.2) is 42.1 Å². The molecule has 0 saturated carbocycles. The van der Waals surface area contributed by atoms with Crippen molar-refractivity contribution in [3.63, 3.8) is 0 Å². The lowest BCUT2D eigenvalue weighted by atomic mass is 9.93. The molecular formula is C18H24N2O3S. The SMILES string of the molecule is COc1ccc2sc(OC3CCN(C(=O)C(C)(C)C)CC3)nc2c1. The van der Waals surface area contributed by atoms with Crippen molar-refractivity contribution in [1.82, 2.24) is 9.88 Å². The summed E-state index contributed by atoms with van der Waals surface area (Å²) in [5.74, 6) is 1.02. The number of rotatable bonds is 3. The molecule has 0 bridgehead atoms. The smallest absolute Gasteiger partial charge is 0.274 e. The Bertz CT molecular complexity index is 727. The summed E-state index contributed by atoms with van der Waals surface area (Å²) in [5.41, 5.74) is 0.578. The van der Waals surface area contributed by atoms with Crippen LogP contribution >= 0.6 is 11.3 Å². The predicted molar refractivity (Wildman–Crippen MR) is 95.9 cm³/mol. The summed E-state index contributed by atoms with van der Waals surface area (Å²) in [6.07, 6.45) is 1.82. The Morgan fingerprint density at radius 3 is 2.62 bits per heavy atom. The fourth-order valence-corrected chi connectivity index (χ4v) is 3.72. The van der Waals surface area contributed by atoms with E-state index in [0.29, 0.717) is 5.19 Å². The summed E-state index contributed by atoms with van der Waals surface area (Å²) < 4.78 is 12.4. The van der Waals surface area contributed by atoms with Gasteiger partial charge in [0.1, 0.15) is 11.9 Å². The number of hydrogen-bond donors (Lipinski definition) is 0. The molecule has 130 valence electrons. The van der Waals surface area contributed by atoms with Gasteiger partial charge in [-0.15, -0.1) is 0 Å². The van der Waals surface area contributed by atoms with Gasteiger partial charge in [-0.25, -0.2) is 4.98 Å². The summed E-state index contributed by atoms with van der Waals surface area (Å²) in [5, 5.41) is 0.693. The van der Waals surface area contributed by atoms with E-state index in [1.807, 2.05) is 43.9 Å². The zero-order valence-corrected chi connectivity index (χ0v) is 15.5. The van der Waals surface area contributed by atoms with Gasteiger partial charge < -0.3 is 14.4 Å². The molecule has 1 aliphatic rings. The number of piperidine rings is 1. The average Bonchev–Trinajstić information content (AvgIpc) is 2.95. The maximum Gasteiger partial charge on any atom is 0.274 e. The number of benzene rings is 1. The molecule has 1 amide bonds. The van der Waals surface area contributed by atoms with Crippen molar-refractivity contribution >= 4 is 27.5 Å². The monoisotopic (exact) mass is 348 g/mol. The van der Waals surface area contributed by atoms with Gasteiger partial charge >= 0.3 is 0 Å². The van der Waals surface area contributed by atoms with Crippen LogP contribution in [0.5, 0.6) is 10.9 Å². The van der Waals surface area contributed by atoms with Crippen LogP contribution in [0.25, 0.3) is 10.2 Å². The van der Waals surface area contributed by atoms with E-state index in [2.05, 4.69) is 4.98 Å². The minimum absolute atomic E-state index is 0.122. The summed E-state index contributed by atoms with van der Waals surface area (Å²) >= 11 is 1.55. The number of hydrogen-bond acceptors (Lipinski definition) is 5. The van der Waals surface area contributed by atoms with E-state index in [-0.39, 0.29) is 17.4 Å². The van der Waals surface area contributed by atoms with Crippen LogP contribution in [0.4, 0.5) is 0 Å². The van der Waals surface area contributed by atoms with E-state index in [9.17, 15) is 4.79 Å². The van der Waals surface area contributed by atoms with Crippen molar-refractivity contribution in [2.75, 3.05) is 20.2 Å². The van der Waals surface area contributed by atoms with Gasteiger partial charge in [0.15, 0.2) is 0 Å². The highest BCUT2D eigenvalue weighted by Gasteiger charge is 2.31. The third-order valence-corrected chi connectivity index (χ3v) is 5.14. The highest BCUT2D eigenvalue weighted by Crippen LogP contribution is 2.32. The van der Waals surface area contributed by atoms with Gasteiger partial charge in [-0.05, 0) is 12.1 Å². The van der Waals surface area contributed by atoms with E-state index < -0.39 is 0 Å². The first kappa shape index (κ1) is 17.0. The molecule has 2 aromatic rings. The Hall–Kier alpha value is -1.82. The lowest BCUT2D eigenvalue weighted by molar-refractivity contribution is -0.141. The molecule has 1 aromatic carbocycles. The van der Waals surface area contributed by atoms with Gasteiger partial charge in [0.25, 0.3) is 5.19 Å². The Morgan fingerprint density at radius 1 is 1.29 bits per heavy atom. The second kappa shape index (κ2) is 6.59. The van der Waals surface area contributed by atoms with Crippen molar-refractivity contribution in [3.8, 4) is 10.9 Å². The Balaban J connectivity index is 1.61. The highest BCUT2D eigenvalue weighted by molar-refractivity contribution is 7.20. The number of methoxy groups -OCH3 is 1. The Labute approximate surface area is 146 Å². The molecule has 1 fully saturated rings. The molecule has 1 saturated heterocycles. The number of amides is 1. The van der Waals surface area contributed by atoms with Gasteiger partial charge in [-0.1, -0.05) is 32.1 Å². The molecule has 6 heteroatoms. The maximum absolute atomic E-state index is 12.3. The van der Waals surface area contributed by atoms with E-state index in [1.54, 1.807) is 18.4 Å². The Kier molecular flexibility index (Phi) is 4.67. The number of carbonyl (C=O) groups excluding carboxylic acids is 1. The summed E-state index contributed by atoms with van der Waals surface area (Å²) in [4.78, 5) is 18.8. The van der Waals surface area contributed by atoms with Crippen LogP contribution in [0.2, 0.25) is 0 Å². The van der Waals surface area contributed by atoms with Crippen molar-refractivity contribution in [1.29, 1.82) is 0 Å². The quantitative estimate of drug-likeness (QED) is 0.848. The molecule has 5 nitrogen and oxygen atoms in total. The van der Waals surface area contributed by atoms with Gasteiger partial charge in [0.05, 0.1) is 17.3 Å². The largest absolute Gasteiger partial charge is 0.497 e. The molecule has 0 radical (unpaired) electrons. The molecule has 0 atom stereocenters. The van der Waals surface area contributed by atoms with Gasteiger partial charge in [0, 0.05) is 37.4 Å². The summed E-state index contributed by atoms with van der Waals surface area (Å²) in [7, 11) is 1.65. The van der Waals surface area contributed by atoms with Crippen LogP contribution in [0.1, 0.15) is 33.6 Å². The lowest BCUT2D eigenvalue weighted by Gasteiger charge is -2.35. The zero-order chi connectivity index (χ0) is 17.3. The first-order chi connectivity index (χ1) is 11.4. The van der Waals surface area contributed by atoms with E-state index in [4.69, 9.17) is 9.47 Å². The van der Waals surface area contributed by atoms with Crippen molar-refractivity contribution < 1.29 is 14.3 Å². The van der Waals surface area contributed by atoms with E-state index in [0.717, 1.165) is 41.9 Å². The number of aromatic nitrogens is 1. The Morgan fingerprint density at radius 2 is 2.00 bits per heavy atom. The number of nitrogens with zero attached hydrogens (tertiary/aromatic N) is 2. The summed E-state index contributed by atoms with van der Waals surface area (Å²) in [6.45, 7) is 7.40. The number of thiazole rings is 1. The van der Waals surface area contributed by atoms with Crippen molar-refractivity contribution in [2.45, 2.75) is 39.7 Å². The molecule has 2 heterocycles. The first-order valence-corrected chi connectivity index (χ1v) is 9.09. The minimum atomic E-state index is -0.320. The standard InChI is InChI=1S/C18H24N2O3S/c1-18(2,3)16(21)20-9-7-12(8-10-20)23-17-19-14-11-13(22-4)5-6-15(14)24-17/h5-6,11-12H,7-10H2,1-4H3. The molecule has 0 aliphatic carbocycles. The molecule has 3 rings (SSSR count). The predicted octanol–water partition coefficient (Wildman–Crippen LogP) is 3.72. The normalized spacial score (nSPS) is 16.4. The number of likely N-dealkylation sites (tertiary alicyclic amines) is 1. The maximum atomic E-state index is 12.3. The van der Waals surface area contributed by atoms with E-state index in [1.165, 1.54) is 0 Å². The van der Waals surface area contributed by atoms with Gasteiger partial charge in [-0.3, -0.25) is 4.79 Å². The van der Waals surface area contributed by atoms with Crippen molar-refractivity contribution in [3.05, 3.63) is 18.2 Å². The molecule has 24 heavy (non-hydrogen) atoms. The van der Waals surface area contributed by atoms with Crippen LogP contribution in [0.3, 0.4) is 0 Å². The second-order valence-electron chi connectivity index (χ2n) is 7.17. The fraction of sp³-hybridized carbons (Fsp3) is 0.556. The second-order valence-corrected chi connectivity index (χ2v) is 8.17. The third kappa shape index (κ3) is 3.64. The van der Waals surface area contributed by atoms with Crippen LogP contribution in [0.15, 0.2) is 18.2 Å². The van der Waals surface area contributed by atoms with E-state index >= 15 is 0 Å². The molecule has 1 aromatic heterocycles. The topological polar surface area (TPSA) is 51.7 Å². The molecule has 0 spiro atoms. The minimum Gasteiger partial charge on any atom is -0.497 e. The van der Waals surface area contributed by atoms with Crippen molar-refractivity contribution in [2.24, 2.45) is 5.41 Å². The lowest BCUT2D eigenvalue weighted by Crippen LogP contribution is -2.46. The van der Waals surface area contributed by atoms with Gasteiger partial charge in [0.2, 0.25) is 5.91 Å². The van der Waals surface area contributed by atoms with Crippen LogP contribution < -0.4 is 9.47 Å². The first-order valence-electron chi connectivity index (χ1n) is 8.27. The van der Waals surface area contributed by atoms with Gasteiger partial charge in [-0.2, -0.15) is 0 Å². The number of ether oxygens (including phenoxy) is 2.